The average molecular weight is 453 g/mol. The molecule has 1 aromatic carbocycles. The van der Waals surface area contributed by atoms with Crippen molar-refractivity contribution in [3.63, 3.8) is 0 Å². The van der Waals surface area contributed by atoms with Crippen LogP contribution in [0.25, 0.3) is 10.2 Å². The summed E-state index contributed by atoms with van der Waals surface area (Å²) in [5.74, 6) is -1.81. The van der Waals surface area contributed by atoms with E-state index in [0.29, 0.717) is 24.3 Å². The van der Waals surface area contributed by atoms with Crippen molar-refractivity contribution in [3.8, 4) is 0 Å². The summed E-state index contributed by atoms with van der Waals surface area (Å²) in [5.41, 5.74) is -0.463. The lowest BCUT2D eigenvalue weighted by Crippen LogP contribution is -2.63. The highest BCUT2D eigenvalue weighted by atomic mass is 32.1. The number of nitrogens with one attached hydrogen (secondary N) is 1. The highest BCUT2D eigenvalue weighted by Gasteiger charge is 2.39. The van der Waals surface area contributed by atoms with Crippen LogP contribution in [0.15, 0.2) is 12.1 Å². The number of ether oxygens (including phenoxy) is 1. The molecule has 1 atom stereocenters. The molecule has 2 aliphatic heterocycles. The fourth-order valence-corrected chi connectivity index (χ4v) is 4.84. The first-order valence-electron chi connectivity index (χ1n) is 10.4. The van der Waals surface area contributed by atoms with Gasteiger partial charge >= 0.3 is 6.09 Å². The number of nitrogens with zero attached hydrogens (tertiary/aromatic N) is 3. The second kappa shape index (κ2) is 8.31. The second-order valence-corrected chi connectivity index (χ2v) is 10.1. The van der Waals surface area contributed by atoms with Crippen LogP contribution >= 0.6 is 11.3 Å². The number of anilines is 1. The van der Waals surface area contributed by atoms with Gasteiger partial charge in [0.2, 0.25) is 5.91 Å². The molecular weight excluding hydrogens is 426 g/mol. The van der Waals surface area contributed by atoms with Crippen molar-refractivity contribution in [2.75, 3.05) is 31.5 Å². The Hall–Kier alpha value is -2.33. The van der Waals surface area contributed by atoms with E-state index in [1.165, 1.54) is 6.07 Å². The molecule has 0 saturated carbocycles. The molecule has 168 valence electrons. The molecule has 0 bridgehead atoms. The van der Waals surface area contributed by atoms with E-state index in [0.717, 1.165) is 36.8 Å². The van der Waals surface area contributed by atoms with Crippen LogP contribution in [0, 0.1) is 17.6 Å². The molecule has 2 saturated heterocycles. The summed E-state index contributed by atoms with van der Waals surface area (Å²) < 4.78 is 33.0. The lowest BCUT2D eigenvalue weighted by Gasteiger charge is -2.47. The highest BCUT2D eigenvalue weighted by molar-refractivity contribution is 7.22. The zero-order valence-electron chi connectivity index (χ0n) is 17.8. The number of benzene rings is 1. The molecule has 1 N–H and O–H groups in total. The maximum atomic E-state index is 13.9. The molecule has 0 radical (unpaired) electrons. The van der Waals surface area contributed by atoms with Crippen LogP contribution in [-0.2, 0) is 9.53 Å². The van der Waals surface area contributed by atoms with E-state index in [-0.39, 0.29) is 34.6 Å². The Balaban J connectivity index is 1.32. The predicted octanol–water partition coefficient (Wildman–Crippen LogP) is 3.84. The number of fused-ring (bicyclic) bond motifs is 1. The molecule has 3 heterocycles. The number of amides is 2. The molecule has 7 nitrogen and oxygen atoms in total. The molecule has 1 aromatic heterocycles. The minimum Gasteiger partial charge on any atom is -0.444 e. The molecular formula is C21H26F2N4O3S. The third-order valence-corrected chi connectivity index (χ3v) is 6.42. The van der Waals surface area contributed by atoms with Crippen LogP contribution in [0.4, 0.5) is 18.7 Å². The molecule has 1 unspecified atom stereocenters. The van der Waals surface area contributed by atoms with Crippen LogP contribution in [-0.4, -0.2) is 64.6 Å². The summed E-state index contributed by atoms with van der Waals surface area (Å²) in [6.07, 6.45) is 1.31. The van der Waals surface area contributed by atoms with Gasteiger partial charge in [0.1, 0.15) is 16.9 Å². The van der Waals surface area contributed by atoms with Crippen molar-refractivity contribution in [2.45, 2.75) is 45.3 Å². The van der Waals surface area contributed by atoms with Gasteiger partial charge in [0.05, 0.1) is 10.6 Å². The van der Waals surface area contributed by atoms with Crippen molar-refractivity contribution in [1.29, 1.82) is 0 Å². The zero-order chi connectivity index (χ0) is 22.3. The summed E-state index contributed by atoms with van der Waals surface area (Å²) in [4.78, 5) is 32.9. The van der Waals surface area contributed by atoms with Gasteiger partial charge in [-0.3, -0.25) is 9.69 Å². The number of hydrogen-bond acceptors (Lipinski definition) is 6. The Bertz CT molecular complexity index is 1000. The monoisotopic (exact) mass is 452 g/mol. The normalized spacial score (nSPS) is 20.5. The maximum absolute atomic E-state index is 13.9. The third-order valence-electron chi connectivity index (χ3n) is 5.50. The lowest BCUT2D eigenvalue weighted by molar-refractivity contribution is -0.122. The van der Waals surface area contributed by atoms with Gasteiger partial charge in [-0.05, 0) is 46.2 Å². The number of hydrogen-bond donors (Lipinski definition) is 1. The Morgan fingerprint density at radius 2 is 1.97 bits per heavy atom. The molecule has 2 fully saturated rings. The third kappa shape index (κ3) is 4.95. The quantitative estimate of drug-likeness (QED) is 0.766. The van der Waals surface area contributed by atoms with Crippen LogP contribution in [0.1, 0.15) is 33.6 Å². The molecule has 10 heteroatoms. The molecule has 2 aliphatic rings. The summed E-state index contributed by atoms with van der Waals surface area (Å²) in [6, 6.07) is 2.20. The van der Waals surface area contributed by atoms with Crippen LogP contribution in [0.5, 0.6) is 0 Å². The van der Waals surface area contributed by atoms with Gasteiger partial charge in [0.15, 0.2) is 10.9 Å². The van der Waals surface area contributed by atoms with E-state index in [9.17, 15) is 18.4 Å². The molecule has 2 amide bonds. The molecule has 0 aliphatic carbocycles. The molecule has 31 heavy (non-hydrogen) atoms. The van der Waals surface area contributed by atoms with Crippen LogP contribution < -0.4 is 5.32 Å². The van der Waals surface area contributed by atoms with Gasteiger partial charge in [0.25, 0.3) is 0 Å². The molecule has 2 aromatic rings. The first-order valence-corrected chi connectivity index (χ1v) is 11.2. The summed E-state index contributed by atoms with van der Waals surface area (Å²) in [7, 11) is 0. The fourth-order valence-electron chi connectivity index (χ4n) is 3.93. The van der Waals surface area contributed by atoms with E-state index in [1.54, 1.807) is 4.90 Å². The Kier molecular flexibility index (Phi) is 5.87. The number of rotatable bonds is 3. The van der Waals surface area contributed by atoms with Crippen molar-refractivity contribution in [1.82, 2.24) is 14.8 Å². The minimum atomic E-state index is -0.741. The highest BCUT2D eigenvalue weighted by Crippen LogP contribution is 2.30. The number of carbonyl (C=O) groups is 2. The van der Waals surface area contributed by atoms with E-state index >= 15 is 0 Å². The number of likely N-dealkylation sites (tertiary alicyclic amines) is 2. The standard InChI is InChI=1S/C21H26F2N4O3S/c1-21(2,3)30-20(29)27-10-14(11-27)26-6-4-5-12(9-26)18(28)25-19-24-17-15(23)7-13(22)8-16(17)31-19/h7-8,12,14H,4-6,9-11H2,1-3H3,(H,24,25,28). The molecule has 0 spiro atoms. The topological polar surface area (TPSA) is 74.8 Å². The van der Waals surface area contributed by atoms with Gasteiger partial charge in [-0.2, -0.15) is 0 Å². The van der Waals surface area contributed by atoms with Gasteiger partial charge in [-0.25, -0.2) is 18.6 Å². The van der Waals surface area contributed by atoms with E-state index < -0.39 is 17.2 Å². The summed E-state index contributed by atoms with van der Waals surface area (Å²) >= 11 is 1.05. The summed E-state index contributed by atoms with van der Waals surface area (Å²) in [6.45, 7) is 8.16. The first kappa shape index (κ1) is 21.9. The zero-order valence-corrected chi connectivity index (χ0v) is 18.6. The number of aromatic nitrogens is 1. The van der Waals surface area contributed by atoms with E-state index in [4.69, 9.17) is 4.74 Å². The Morgan fingerprint density at radius 3 is 2.68 bits per heavy atom. The van der Waals surface area contributed by atoms with Gasteiger partial charge in [0, 0.05) is 31.7 Å². The van der Waals surface area contributed by atoms with E-state index in [1.807, 2.05) is 20.8 Å². The van der Waals surface area contributed by atoms with Gasteiger partial charge < -0.3 is 15.0 Å². The first-order chi connectivity index (χ1) is 14.6. The van der Waals surface area contributed by atoms with Crippen molar-refractivity contribution in [2.24, 2.45) is 5.92 Å². The second-order valence-electron chi connectivity index (χ2n) is 9.12. The number of halogens is 2. The van der Waals surface area contributed by atoms with Gasteiger partial charge in [-0.15, -0.1) is 0 Å². The Labute approximate surface area is 183 Å². The van der Waals surface area contributed by atoms with Gasteiger partial charge in [-0.1, -0.05) is 11.3 Å². The lowest BCUT2D eigenvalue weighted by atomic mass is 9.94. The molecule has 4 rings (SSSR count). The maximum Gasteiger partial charge on any atom is 0.410 e. The SMILES string of the molecule is CC(C)(C)OC(=O)N1CC(N2CCCC(C(=O)Nc3nc4c(F)cc(F)cc4s3)C2)C1. The largest absolute Gasteiger partial charge is 0.444 e. The average Bonchev–Trinajstić information content (AvgIpc) is 3.01. The Morgan fingerprint density at radius 1 is 1.23 bits per heavy atom. The summed E-state index contributed by atoms with van der Waals surface area (Å²) in [5, 5.41) is 3.03. The smallest absolute Gasteiger partial charge is 0.410 e. The predicted molar refractivity (Wildman–Crippen MR) is 114 cm³/mol. The van der Waals surface area contributed by atoms with Crippen LogP contribution in [0.2, 0.25) is 0 Å². The minimum absolute atomic E-state index is 0.0590. The van der Waals surface area contributed by atoms with Crippen molar-refractivity contribution in [3.05, 3.63) is 23.8 Å². The van der Waals surface area contributed by atoms with Crippen molar-refractivity contribution >= 4 is 38.7 Å². The fraction of sp³-hybridized carbons (Fsp3) is 0.571. The number of thiazole rings is 1. The van der Waals surface area contributed by atoms with Crippen molar-refractivity contribution < 1.29 is 23.1 Å². The van der Waals surface area contributed by atoms with Crippen LogP contribution in [0.3, 0.4) is 0 Å². The number of piperidine rings is 1. The van der Waals surface area contributed by atoms with E-state index in [2.05, 4.69) is 15.2 Å². The number of carbonyl (C=O) groups excluding carboxylic acids is 2.